The second-order valence-corrected chi connectivity index (χ2v) is 9.34. The van der Waals surface area contributed by atoms with Crippen LogP contribution >= 0.6 is 11.3 Å². The van der Waals surface area contributed by atoms with Gasteiger partial charge < -0.3 is 9.30 Å². The fraction of sp³-hybridized carbons (Fsp3) is 0.316. The van der Waals surface area contributed by atoms with Crippen molar-refractivity contribution in [3.63, 3.8) is 0 Å². The van der Waals surface area contributed by atoms with Gasteiger partial charge in [-0.05, 0) is 62.2 Å². The highest BCUT2D eigenvalue weighted by Gasteiger charge is 2.19. The minimum Gasteiger partial charge on any atom is -0.492 e. The van der Waals surface area contributed by atoms with Crippen molar-refractivity contribution >= 4 is 31.6 Å². The second-order valence-electron chi connectivity index (χ2n) is 6.64. The van der Waals surface area contributed by atoms with Crippen molar-refractivity contribution in [1.82, 2.24) is 9.29 Å². The van der Waals surface area contributed by atoms with Gasteiger partial charge in [-0.2, -0.15) is 0 Å². The van der Waals surface area contributed by atoms with Gasteiger partial charge in [-0.15, -0.1) is 0 Å². The lowest BCUT2D eigenvalue weighted by Gasteiger charge is -2.16. The molecule has 27 heavy (non-hydrogen) atoms. The van der Waals surface area contributed by atoms with Gasteiger partial charge in [0.05, 0.1) is 21.2 Å². The Morgan fingerprint density at radius 2 is 1.89 bits per heavy atom. The molecule has 6 nitrogen and oxygen atoms in total. The molecule has 1 atom stereocenters. The molecule has 0 aliphatic heterocycles. The molecule has 0 saturated carbocycles. The first-order valence-electron chi connectivity index (χ1n) is 8.49. The van der Waals surface area contributed by atoms with Crippen LogP contribution in [0.1, 0.15) is 18.1 Å². The van der Waals surface area contributed by atoms with Crippen LogP contribution in [0.15, 0.2) is 46.1 Å². The molecule has 0 aliphatic carbocycles. The maximum absolute atomic E-state index is 12.6. The van der Waals surface area contributed by atoms with Crippen LogP contribution in [-0.2, 0) is 17.1 Å². The molecule has 8 heteroatoms. The number of aryl methyl sites for hydroxylation is 3. The molecular formula is C19H22N2O4S2. The lowest BCUT2D eigenvalue weighted by molar-refractivity contribution is 0.287. The molecule has 1 aromatic heterocycles. The van der Waals surface area contributed by atoms with Gasteiger partial charge in [0, 0.05) is 7.05 Å². The summed E-state index contributed by atoms with van der Waals surface area (Å²) in [5, 5.41) is 0. The van der Waals surface area contributed by atoms with Gasteiger partial charge in [0.2, 0.25) is 10.0 Å². The SMILES string of the molecule is Cc1ccc(OC[C@H](C)NS(=O)(=O)c2ccc3c(c2)sc(=O)n3C)cc1C. The lowest BCUT2D eigenvalue weighted by Crippen LogP contribution is -2.36. The zero-order chi connectivity index (χ0) is 19.8. The van der Waals surface area contributed by atoms with E-state index in [4.69, 9.17) is 4.74 Å². The molecule has 144 valence electrons. The van der Waals surface area contributed by atoms with E-state index < -0.39 is 16.1 Å². The Hall–Kier alpha value is -2.16. The summed E-state index contributed by atoms with van der Waals surface area (Å²) in [5.41, 5.74) is 3.01. The summed E-state index contributed by atoms with van der Waals surface area (Å²) in [7, 11) is -2.04. The van der Waals surface area contributed by atoms with E-state index >= 15 is 0 Å². The number of thiazole rings is 1. The number of benzene rings is 2. The Morgan fingerprint density at radius 1 is 1.15 bits per heavy atom. The third kappa shape index (κ3) is 4.23. The monoisotopic (exact) mass is 406 g/mol. The van der Waals surface area contributed by atoms with E-state index in [9.17, 15) is 13.2 Å². The van der Waals surface area contributed by atoms with Crippen molar-refractivity contribution in [1.29, 1.82) is 0 Å². The Kier molecular flexibility index (Phi) is 5.41. The molecule has 3 rings (SSSR count). The van der Waals surface area contributed by atoms with Gasteiger partial charge >= 0.3 is 4.87 Å². The van der Waals surface area contributed by atoms with E-state index in [0.717, 1.165) is 22.4 Å². The highest BCUT2D eigenvalue weighted by Crippen LogP contribution is 2.21. The van der Waals surface area contributed by atoms with Gasteiger partial charge in [-0.3, -0.25) is 4.79 Å². The third-order valence-electron chi connectivity index (χ3n) is 4.41. The zero-order valence-corrected chi connectivity index (χ0v) is 17.3. The number of nitrogens with zero attached hydrogens (tertiary/aromatic N) is 1. The second kappa shape index (κ2) is 7.46. The molecule has 0 radical (unpaired) electrons. The average Bonchev–Trinajstić information content (AvgIpc) is 2.89. The molecule has 0 spiro atoms. The van der Waals surface area contributed by atoms with Crippen LogP contribution in [0.2, 0.25) is 0 Å². The molecule has 1 heterocycles. The van der Waals surface area contributed by atoms with Crippen LogP contribution in [0.4, 0.5) is 0 Å². The molecule has 0 saturated heterocycles. The molecule has 0 aliphatic rings. The van der Waals surface area contributed by atoms with E-state index in [1.54, 1.807) is 20.0 Å². The lowest BCUT2D eigenvalue weighted by atomic mass is 10.1. The van der Waals surface area contributed by atoms with Crippen molar-refractivity contribution in [2.45, 2.75) is 31.7 Å². The molecular weight excluding hydrogens is 384 g/mol. The quantitative estimate of drug-likeness (QED) is 0.683. The standard InChI is InChI=1S/C19H22N2O4S2/c1-12-5-6-15(9-13(12)2)25-11-14(3)20-27(23,24)16-7-8-17-18(10-16)26-19(22)21(17)4/h5-10,14,20H,11H2,1-4H3/t14-/m0/s1. The fourth-order valence-corrected chi connectivity index (χ4v) is 4.92. The Morgan fingerprint density at radius 3 is 2.59 bits per heavy atom. The van der Waals surface area contributed by atoms with Gasteiger partial charge in [0.15, 0.2) is 0 Å². The maximum atomic E-state index is 12.6. The number of nitrogens with one attached hydrogen (secondary N) is 1. The summed E-state index contributed by atoms with van der Waals surface area (Å²) in [6, 6.07) is 10.0. The molecule has 3 aromatic rings. The van der Waals surface area contributed by atoms with Crippen molar-refractivity contribution in [3.8, 4) is 5.75 Å². The number of hydrogen-bond donors (Lipinski definition) is 1. The largest absolute Gasteiger partial charge is 0.492 e. The average molecular weight is 407 g/mol. The van der Waals surface area contributed by atoms with Gasteiger partial charge in [-0.1, -0.05) is 17.4 Å². The molecule has 0 amide bonds. The van der Waals surface area contributed by atoms with Crippen LogP contribution in [-0.4, -0.2) is 25.6 Å². The van der Waals surface area contributed by atoms with Gasteiger partial charge in [-0.25, -0.2) is 13.1 Å². The third-order valence-corrected chi connectivity index (χ3v) is 6.99. The predicted molar refractivity (Wildman–Crippen MR) is 108 cm³/mol. The van der Waals surface area contributed by atoms with Gasteiger partial charge in [0.1, 0.15) is 12.4 Å². The van der Waals surface area contributed by atoms with Crippen molar-refractivity contribution < 1.29 is 13.2 Å². The Bertz CT molecular complexity index is 1150. The van der Waals surface area contributed by atoms with Crippen LogP contribution in [0.3, 0.4) is 0 Å². The topological polar surface area (TPSA) is 77.4 Å². The molecule has 2 aromatic carbocycles. The summed E-state index contributed by atoms with van der Waals surface area (Å²) in [6.45, 7) is 5.99. The highest BCUT2D eigenvalue weighted by atomic mass is 32.2. The molecule has 1 N–H and O–H groups in total. The normalized spacial score (nSPS) is 13.0. The summed E-state index contributed by atoms with van der Waals surface area (Å²) in [6.07, 6.45) is 0. The van der Waals surface area contributed by atoms with Gasteiger partial charge in [0.25, 0.3) is 0 Å². The van der Waals surface area contributed by atoms with E-state index in [1.165, 1.54) is 22.3 Å². The Balaban J connectivity index is 1.71. The van der Waals surface area contributed by atoms with Crippen LogP contribution < -0.4 is 14.3 Å². The highest BCUT2D eigenvalue weighted by molar-refractivity contribution is 7.89. The minimum atomic E-state index is -3.71. The summed E-state index contributed by atoms with van der Waals surface area (Å²) in [4.78, 5) is 11.8. The zero-order valence-electron chi connectivity index (χ0n) is 15.6. The summed E-state index contributed by atoms with van der Waals surface area (Å²) >= 11 is 1.03. The minimum absolute atomic E-state index is 0.123. The number of hydrogen-bond acceptors (Lipinski definition) is 5. The van der Waals surface area contributed by atoms with E-state index in [-0.39, 0.29) is 16.4 Å². The Labute approximate surface area is 162 Å². The number of aromatic nitrogens is 1. The molecule has 0 bridgehead atoms. The smallest absolute Gasteiger partial charge is 0.307 e. The number of fused-ring (bicyclic) bond motifs is 1. The van der Waals surface area contributed by atoms with Crippen molar-refractivity contribution in [2.75, 3.05) is 6.61 Å². The molecule has 0 unspecified atom stereocenters. The van der Waals surface area contributed by atoms with Crippen molar-refractivity contribution in [3.05, 3.63) is 57.2 Å². The first-order valence-corrected chi connectivity index (χ1v) is 10.8. The van der Waals surface area contributed by atoms with Crippen molar-refractivity contribution in [2.24, 2.45) is 7.05 Å². The first kappa shape index (κ1) is 19.6. The predicted octanol–water partition coefficient (Wildman–Crippen LogP) is 2.96. The summed E-state index contributed by atoms with van der Waals surface area (Å²) < 4.78 is 35.8. The van der Waals surface area contributed by atoms with Crippen LogP contribution in [0, 0.1) is 13.8 Å². The fourth-order valence-electron chi connectivity index (χ4n) is 2.67. The van der Waals surface area contributed by atoms with E-state index in [2.05, 4.69) is 4.72 Å². The number of ether oxygens (including phenoxy) is 1. The first-order chi connectivity index (χ1) is 12.7. The van der Waals surface area contributed by atoms with E-state index in [0.29, 0.717) is 10.4 Å². The maximum Gasteiger partial charge on any atom is 0.307 e. The van der Waals surface area contributed by atoms with Crippen LogP contribution in [0.5, 0.6) is 5.75 Å². The summed E-state index contributed by atoms with van der Waals surface area (Å²) in [5.74, 6) is 0.708. The van der Waals surface area contributed by atoms with E-state index in [1.807, 2.05) is 32.0 Å². The number of sulfonamides is 1. The molecule has 0 fully saturated rings. The number of rotatable bonds is 6. The van der Waals surface area contributed by atoms with Crippen LogP contribution in [0.25, 0.3) is 10.2 Å².